The molecular formula is C80H58O3. The summed E-state index contributed by atoms with van der Waals surface area (Å²) in [6.07, 6.45) is 8.99. The molecule has 12 aromatic rings. The van der Waals surface area contributed by atoms with Gasteiger partial charge in [-0.2, -0.15) is 0 Å². The second kappa shape index (κ2) is 21.6. The van der Waals surface area contributed by atoms with Crippen molar-refractivity contribution in [3.63, 3.8) is 0 Å². The molecule has 1 atom stereocenters. The summed E-state index contributed by atoms with van der Waals surface area (Å²) in [6, 6.07) is 95.5. The largest absolute Gasteiger partial charge is 0.507 e. The SMILES string of the molecule is Cc1ccccc1-c1cc(-c2cccc(-c3cc(-c4ccccc4-c4ccc(-c5cccc6ccccc56)cc4)ccc3-c3ccccc3O)c2C(=O)OCc2ccccc2)cc2c1-c1ccccc1C2(C1=CCCC=C1)c1ccccc1. The number of aromatic hydroxyl groups is 1. The number of benzene rings is 12. The Kier molecular flexibility index (Phi) is 13.2. The first-order valence-electron chi connectivity index (χ1n) is 28.7. The van der Waals surface area contributed by atoms with Gasteiger partial charge in [0.2, 0.25) is 0 Å². The van der Waals surface area contributed by atoms with Crippen LogP contribution in [0, 0.1) is 6.92 Å². The molecule has 2 aliphatic carbocycles. The first-order chi connectivity index (χ1) is 40.9. The lowest BCUT2D eigenvalue weighted by atomic mass is 9.65. The summed E-state index contributed by atoms with van der Waals surface area (Å²) in [4.78, 5) is 15.8. The van der Waals surface area contributed by atoms with E-state index >= 15 is 4.79 Å². The van der Waals surface area contributed by atoms with Gasteiger partial charge in [-0.25, -0.2) is 4.79 Å². The average molecular weight is 1070 g/mol. The van der Waals surface area contributed by atoms with Gasteiger partial charge in [-0.3, -0.25) is 0 Å². The fourth-order valence-electron chi connectivity index (χ4n) is 13.2. The fourth-order valence-corrected chi connectivity index (χ4v) is 13.2. The average Bonchev–Trinajstić information content (AvgIpc) is 1.89. The molecule has 2 aliphatic rings. The van der Waals surface area contributed by atoms with E-state index in [9.17, 15) is 5.11 Å². The van der Waals surface area contributed by atoms with Gasteiger partial charge < -0.3 is 9.84 Å². The second-order valence-electron chi connectivity index (χ2n) is 21.8. The number of carbonyl (C=O) groups excluding carboxylic acids is 1. The van der Waals surface area contributed by atoms with Crippen LogP contribution >= 0.6 is 0 Å². The third-order valence-corrected chi connectivity index (χ3v) is 17.0. The number of carbonyl (C=O) groups is 1. The number of hydrogen-bond acceptors (Lipinski definition) is 3. The Balaban J connectivity index is 1.01. The van der Waals surface area contributed by atoms with Crippen molar-refractivity contribution in [2.75, 3.05) is 0 Å². The van der Waals surface area contributed by atoms with Crippen LogP contribution in [0.4, 0.5) is 0 Å². The van der Waals surface area contributed by atoms with Gasteiger partial charge in [-0.05, 0) is 172 Å². The van der Waals surface area contributed by atoms with E-state index in [-0.39, 0.29) is 12.4 Å². The minimum absolute atomic E-state index is 0.0814. The zero-order valence-corrected chi connectivity index (χ0v) is 46.1. The van der Waals surface area contributed by atoms with Gasteiger partial charge in [-0.15, -0.1) is 0 Å². The summed E-state index contributed by atoms with van der Waals surface area (Å²) in [6.45, 7) is 2.27. The van der Waals surface area contributed by atoms with Gasteiger partial charge in [0.25, 0.3) is 0 Å². The highest BCUT2D eigenvalue weighted by Crippen LogP contribution is 2.60. The monoisotopic (exact) mass is 1070 g/mol. The van der Waals surface area contributed by atoms with E-state index in [0.717, 1.165) is 90.7 Å². The fraction of sp³-hybridized carbons (Fsp3) is 0.0625. The molecule has 12 aromatic carbocycles. The number of allylic oxidation sites excluding steroid dienone is 4. The maximum Gasteiger partial charge on any atom is 0.339 e. The van der Waals surface area contributed by atoms with Crippen LogP contribution in [-0.2, 0) is 16.8 Å². The third-order valence-electron chi connectivity index (χ3n) is 17.0. The molecule has 0 aromatic heterocycles. The standard InChI is InChI=1S/C80H58O3/c1-53-23-11-13-32-62(53)73-50-59(51-75-77(73)71-37-17-19-41-74(71)80(75,60-28-7-3-8-29-60)61-30-9-4-10-31-61)67-39-22-40-70(78(67)79(82)83-52-54-24-5-2-6-25-54)72-49-58(47-48-68(72)69-36-18-20-42-76(69)81)66-35-16-15-34-64(66)56-43-45-57(46-44-56)65-38-21-27-55-26-12-14-33-63(55)65/h2-3,5-9,11-51,81H,4,10,52H2,1H3. The highest BCUT2D eigenvalue weighted by Gasteiger charge is 2.48. The van der Waals surface area contributed by atoms with E-state index in [1.165, 1.54) is 44.2 Å². The molecule has 1 N–H and O–H groups in total. The minimum Gasteiger partial charge on any atom is -0.507 e. The van der Waals surface area contributed by atoms with Gasteiger partial charge in [0.05, 0.1) is 11.0 Å². The molecule has 14 rings (SSSR count). The molecule has 0 saturated heterocycles. The van der Waals surface area contributed by atoms with Gasteiger partial charge >= 0.3 is 5.97 Å². The number of para-hydroxylation sites is 1. The van der Waals surface area contributed by atoms with Crippen LogP contribution in [-0.4, -0.2) is 11.1 Å². The minimum atomic E-state index is -0.681. The molecule has 0 spiro atoms. The van der Waals surface area contributed by atoms with Crippen LogP contribution < -0.4 is 0 Å². The van der Waals surface area contributed by atoms with Crippen molar-refractivity contribution in [1.29, 1.82) is 0 Å². The van der Waals surface area contributed by atoms with Crippen molar-refractivity contribution in [2.24, 2.45) is 0 Å². The van der Waals surface area contributed by atoms with E-state index in [1.807, 2.05) is 54.6 Å². The number of phenols is 1. The maximum absolute atomic E-state index is 15.8. The number of aryl methyl sites for hydroxylation is 1. The van der Waals surface area contributed by atoms with Crippen molar-refractivity contribution < 1.29 is 14.6 Å². The van der Waals surface area contributed by atoms with Gasteiger partial charge in [0, 0.05) is 5.56 Å². The number of ether oxygens (including phenoxy) is 1. The molecule has 0 aliphatic heterocycles. The molecule has 0 radical (unpaired) electrons. The number of fused-ring (bicyclic) bond motifs is 4. The third kappa shape index (κ3) is 8.99. The summed E-state index contributed by atoms with van der Waals surface area (Å²) in [7, 11) is 0. The topological polar surface area (TPSA) is 46.5 Å². The Hall–Kier alpha value is -10.4. The van der Waals surface area contributed by atoms with Crippen molar-refractivity contribution in [3.05, 3.63) is 330 Å². The summed E-state index contributed by atoms with van der Waals surface area (Å²) in [5, 5.41) is 14.2. The predicted octanol–water partition coefficient (Wildman–Crippen LogP) is 20.5. The molecule has 83 heavy (non-hydrogen) atoms. The first-order valence-corrected chi connectivity index (χ1v) is 28.7. The van der Waals surface area contributed by atoms with Gasteiger partial charge in [0.1, 0.15) is 12.4 Å². The second-order valence-corrected chi connectivity index (χ2v) is 21.8. The van der Waals surface area contributed by atoms with Crippen LogP contribution in [0.2, 0.25) is 0 Å². The Morgan fingerprint density at radius 1 is 0.434 bits per heavy atom. The molecule has 3 heteroatoms. The maximum atomic E-state index is 15.8. The van der Waals surface area contributed by atoms with Crippen LogP contribution in [0.1, 0.15) is 51.0 Å². The molecule has 1 unspecified atom stereocenters. The molecule has 3 nitrogen and oxygen atoms in total. The van der Waals surface area contributed by atoms with Gasteiger partial charge in [-0.1, -0.05) is 267 Å². The number of esters is 1. The predicted molar refractivity (Wildman–Crippen MR) is 342 cm³/mol. The number of rotatable bonds is 12. The summed E-state index contributed by atoms with van der Waals surface area (Å²) < 4.78 is 6.54. The Morgan fingerprint density at radius 2 is 1.01 bits per heavy atom. The van der Waals surface area contributed by atoms with Crippen LogP contribution in [0.3, 0.4) is 0 Å². The zero-order chi connectivity index (χ0) is 55.9. The lowest BCUT2D eigenvalue weighted by Crippen LogP contribution is -2.29. The van der Waals surface area contributed by atoms with E-state index in [2.05, 4.69) is 237 Å². The van der Waals surface area contributed by atoms with Crippen molar-refractivity contribution in [1.82, 2.24) is 0 Å². The Morgan fingerprint density at radius 3 is 1.77 bits per heavy atom. The Bertz CT molecular complexity index is 4520. The first kappa shape index (κ1) is 50.8. The number of hydrogen-bond donors (Lipinski definition) is 1. The molecule has 0 amide bonds. The van der Waals surface area contributed by atoms with Gasteiger partial charge in [0.15, 0.2) is 0 Å². The van der Waals surface area contributed by atoms with Crippen molar-refractivity contribution in [2.45, 2.75) is 31.8 Å². The molecule has 0 bridgehead atoms. The summed E-state index contributed by atoms with van der Waals surface area (Å²) >= 11 is 0. The lowest BCUT2D eigenvalue weighted by Gasteiger charge is -2.36. The van der Waals surface area contributed by atoms with Crippen LogP contribution in [0.5, 0.6) is 5.75 Å². The van der Waals surface area contributed by atoms with Crippen molar-refractivity contribution >= 4 is 16.7 Å². The molecule has 0 heterocycles. The summed E-state index contributed by atoms with van der Waals surface area (Å²) in [5.41, 5.74) is 22.2. The molecule has 0 saturated carbocycles. The smallest absolute Gasteiger partial charge is 0.339 e. The van der Waals surface area contributed by atoms with E-state index < -0.39 is 11.4 Å². The van der Waals surface area contributed by atoms with Crippen LogP contribution in [0.15, 0.2) is 297 Å². The quantitative estimate of drug-likeness (QED) is 0.124. The number of phenolic OH excluding ortho intramolecular Hbond substituents is 1. The highest BCUT2D eigenvalue weighted by molar-refractivity contribution is 6.08. The van der Waals surface area contributed by atoms with E-state index in [0.29, 0.717) is 16.7 Å². The summed E-state index contributed by atoms with van der Waals surface area (Å²) in [5.74, 6) is -0.310. The van der Waals surface area contributed by atoms with E-state index in [1.54, 1.807) is 6.07 Å². The Labute approximate surface area is 485 Å². The normalized spacial score (nSPS) is 14.2. The molecule has 0 fully saturated rings. The molecule has 396 valence electrons. The lowest BCUT2D eigenvalue weighted by molar-refractivity contribution is 0.0474. The van der Waals surface area contributed by atoms with Crippen LogP contribution in [0.25, 0.3) is 99.8 Å². The van der Waals surface area contributed by atoms with Crippen molar-refractivity contribution in [3.8, 4) is 94.8 Å². The zero-order valence-electron chi connectivity index (χ0n) is 46.1. The highest BCUT2D eigenvalue weighted by atomic mass is 16.5. The van der Waals surface area contributed by atoms with E-state index in [4.69, 9.17) is 4.74 Å². The molecular weight excluding hydrogens is 1010 g/mol.